The molecule has 0 aromatic heterocycles. The Balaban J connectivity index is 2.56. The first-order chi connectivity index (χ1) is 8.42. The van der Waals surface area contributed by atoms with Gasteiger partial charge in [0.05, 0.1) is 0 Å². The minimum absolute atomic E-state index is 0.0145. The van der Waals surface area contributed by atoms with E-state index in [1.165, 1.54) is 6.07 Å². The second kappa shape index (κ2) is 6.71. The first-order valence-corrected chi connectivity index (χ1v) is 6.16. The van der Waals surface area contributed by atoms with Gasteiger partial charge >= 0.3 is 0 Å². The lowest BCUT2D eigenvalue weighted by Crippen LogP contribution is -2.35. The monoisotopic (exact) mass is 255 g/mol. The van der Waals surface area contributed by atoms with Gasteiger partial charge in [-0.2, -0.15) is 0 Å². The highest BCUT2D eigenvalue weighted by molar-refractivity contribution is 5.29. The molecule has 0 aliphatic carbocycles. The number of benzene rings is 1. The first kappa shape index (κ1) is 14.9. The van der Waals surface area contributed by atoms with Crippen LogP contribution in [-0.2, 0) is 11.3 Å². The van der Waals surface area contributed by atoms with Crippen LogP contribution in [-0.4, -0.2) is 18.9 Å². The summed E-state index contributed by atoms with van der Waals surface area (Å²) in [5, 5.41) is 3.30. The van der Waals surface area contributed by atoms with E-state index in [-0.39, 0.29) is 23.9 Å². The van der Waals surface area contributed by atoms with Crippen LogP contribution in [0.4, 0.5) is 4.39 Å². The molecule has 0 unspecified atom stereocenters. The van der Waals surface area contributed by atoms with E-state index in [4.69, 9.17) is 9.47 Å². The van der Waals surface area contributed by atoms with E-state index in [1.807, 2.05) is 13.0 Å². The average Bonchev–Trinajstić information content (AvgIpc) is 2.28. The maximum Gasteiger partial charge on any atom is 0.189 e. The molecule has 1 N–H and O–H groups in total. The number of ether oxygens (including phenoxy) is 2. The van der Waals surface area contributed by atoms with Gasteiger partial charge in [0.2, 0.25) is 0 Å². The molecule has 3 nitrogen and oxygen atoms in total. The summed E-state index contributed by atoms with van der Waals surface area (Å²) in [6.07, 6.45) is 0. The second-order valence-electron chi connectivity index (χ2n) is 5.12. The summed E-state index contributed by atoms with van der Waals surface area (Å²) in [6, 6.07) is 4.97. The summed E-state index contributed by atoms with van der Waals surface area (Å²) in [5.74, 6) is -0.133. The van der Waals surface area contributed by atoms with Crippen LogP contribution in [0.5, 0.6) is 5.75 Å². The van der Waals surface area contributed by atoms with E-state index in [2.05, 4.69) is 26.1 Å². The smallest absolute Gasteiger partial charge is 0.189 e. The molecule has 0 atom stereocenters. The van der Waals surface area contributed by atoms with E-state index >= 15 is 0 Å². The predicted molar refractivity (Wildman–Crippen MR) is 70.1 cm³/mol. The van der Waals surface area contributed by atoms with Crippen molar-refractivity contribution in [3.05, 3.63) is 29.6 Å². The Morgan fingerprint density at radius 2 is 2.00 bits per heavy atom. The van der Waals surface area contributed by atoms with Crippen LogP contribution in [0.2, 0.25) is 0 Å². The zero-order valence-electron chi connectivity index (χ0n) is 11.5. The molecule has 0 radical (unpaired) electrons. The van der Waals surface area contributed by atoms with Crippen molar-refractivity contribution < 1.29 is 13.9 Å². The normalized spacial score (nSPS) is 11.6. The van der Waals surface area contributed by atoms with Gasteiger partial charge in [0, 0.05) is 18.7 Å². The molecule has 0 bridgehead atoms. The summed E-state index contributed by atoms with van der Waals surface area (Å²) in [7, 11) is 0. The molecule has 0 saturated heterocycles. The zero-order chi connectivity index (χ0) is 13.6. The topological polar surface area (TPSA) is 30.5 Å². The number of hydrogen-bond donors (Lipinski definition) is 1. The van der Waals surface area contributed by atoms with Crippen LogP contribution < -0.4 is 10.1 Å². The molecule has 0 aliphatic heterocycles. The molecule has 1 aromatic carbocycles. The van der Waals surface area contributed by atoms with Crippen molar-refractivity contribution in [2.45, 2.75) is 39.8 Å². The van der Waals surface area contributed by atoms with Crippen LogP contribution >= 0.6 is 0 Å². The van der Waals surface area contributed by atoms with Crippen LogP contribution in [0.25, 0.3) is 0 Å². The zero-order valence-corrected chi connectivity index (χ0v) is 11.5. The summed E-state index contributed by atoms with van der Waals surface area (Å²) in [6.45, 7) is 9.34. The molecular weight excluding hydrogens is 233 g/mol. The van der Waals surface area contributed by atoms with E-state index < -0.39 is 0 Å². The Morgan fingerprint density at radius 1 is 1.28 bits per heavy atom. The molecular formula is C14H22FNO2. The fourth-order valence-electron chi connectivity index (χ4n) is 1.33. The molecule has 1 aromatic rings. The highest BCUT2D eigenvalue weighted by atomic mass is 19.1. The van der Waals surface area contributed by atoms with E-state index in [1.54, 1.807) is 6.07 Å². The molecule has 0 spiro atoms. The fourth-order valence-corrected chi connectivity index (χ4v) is 1.33. The number of rotatable bonds is 6. The van der Waals surface area contributed by atoms with Gasteiger partial charge in [-0.25, -0.2) is 4.39 Å². The Bertz CT molecular complexity index is 375. The SMILES string of the molecule is CCOCOc1ccc(CNC(C)(C)C)cc1F. The highest BCUT2D eigenvalue weighted by Crippen LogP contribution is 2.18. The maximum absolute atomic E-state index is 13.7. The third kappa shape index (κ3) is 5.47. The van der Waals surface area contributed by atoms with Crippen LogP contribution in [0.3, 0.4) is 0 Å². The molecule has 0 saturated carbocycles. The number of hydrogen-bond acceptors (Lipinski definition) is 3. The van der Waals surface area contributed by atoms with Gasteiger partial charge in [0.25, 0.3) is 0 Å². The van der Waals surface area contributed by atoms with Gasteiger partial charge in [-0.3, -0.25) is 0 Å². The van der Waals surface area contributed by atoms with Crippen LogP contribution in [0, 0.1) is 5.82 Å². The third-order valence-electron chi connectivity index (χ3n) is 2.32. The lowest BCUT2D eigenvalue weighted by atomic mass is 10.1. The van der Waals surface area contributed by atoms with Gasteiger partial charge < -0.3 is 14.8 Å². The van der Waals surface area contributed by atoms with Crippen molar-refractivity contribution >= 4 is 0 Å². The lowest BCUT2D eigenvalue weighted by Gasteiger charge is -2.20. The molecule has 0 heterocycles. The van der Waals surface area contributed by atoms with Crippen LogP contribution in [0.1, 0.15) is 33.3 Å². The molecule has 102 valence electrons. The quantitative estimate of drug-likeness (QED) is 0.626. The van der Waals surface area contributed by atoms with Crippen molar-refractivity contribution in [1.29, 1.82) is 0 Å². The first-order valence-electron chi connectivity index (χ1n) is 6.16. The van der Waals surface area contributed by atoms with E-state index in [0.29, 0.717) is 13.2 Å². The van der Waals surface area contributed by atoms with Crippen molar-refractivity contribution in [2.24, 2.45) is 0 Å². The largest absolute Gasteiger partial charge is 0.464 e. The van der Waals surface area contributed by atoms with Crippen molar-refractivity contribution in [3.8, 4) is 5.75 Å². The molecule has 4 heteroatoms. The van der Waals surface area contributed by atoms with Crippen molar-refractivity contribution in [3.63, 3.8) is 0 Å². The summed E-state index contributed by atoms with van der Waals surface area (Å²) < 4.78 is 23.9. The average molecular weight is 255 g/mol. The standard InChI is InChI=1S/C14H22FNO2/c1-5-17-10-18-13-7-6-11(8-12(13)15)9-16-14(2,3)4/h6-8,16H,5,9-10H2,1-4H3. The molecule has 1 rings (SSSR count). The molecule has 0 amide bonds. The maximum atomic E-state index is 13.7. The van der Waals surface area contributed by atoms with Gasteiger partial charge in [0.15, 0.2) is 18.4 Å². The Hall–Kier alpha value is -1.13. The van der Waals surface area contributed by atoms with Crippen LogP contribution in [0.15, 0.2) is 18.2 Å². The third-order valence-corrected chi connectivity index (χ3v) is 2.32. The minimum Gasteiger partial charge on any atom is -0.464 e. The minimum atomic E-state index is -0.358. The van der Waals surface area contributed by atoms with E-state index in [0.717, 1.165) is 5.56 Å². The Kier molecular flexibility index (Phi) is 5.56. The molecule has 0 fully saturated rings. The fraction of sp³-hybridized carbons (Fsp3) is 0.571. The lowest BCUT2D eigenvalue weighted by molar-refractivity contribution is 0.0201. The van der Waals surface area contributed by atoms with Crippen molar-refractivity contribution in [1.82, 2.24) is 5.32 Å². The second-order valence-corrected chi connectivity index (χ2v) is 5.12. The number of halogens is 1. The Morgan fingerprint density at radius 3 is 2.56 bits per heavy atom. The predicted octanol–water partition coefficient (Wildman–Crippen LogP) is 3.09. The summed E-state index contributed by atoms with van der Waals surface area (Å²) in [4.78, 5) is 0. The van der Waals surface area contributed by atoms with Gasteiger partial charge in [-0.1, -0.05) is 6.07 Å². The molecule has 0 aliphatic rings. The molecule has 18 heavy (non-hydrogen) atoms. The van der Waals surface area contributed by atoms with E-state index in [9.17, 15) is 4.39 Å². The Labute approximate surface area is 108 Å². The highest BCUT2D eigenvalue weighted by Gasteiger charge is 2.10. The van der Waals surface area contributed by atoms with Crippen molar-refractivity contribution in [2.75, 3.05) is 13.4 Å². The van der Waals surface area contributed by atoms with Gasteiger partial charge in [-0.05, 0) is 45.4 Å². The van der Waals surface area contributed by atoms with Gasteiger partial charge in [-0.15, -0.1) is 0 Å². The summed E-state index contributed by atoms with van der Waals surface area (Å²) >= 11 is 0. The van der Waals surface area contributed by atoms with Gasteiger partial charge in [0.1, 0.15) is 0 Å². The summed E-state index contributed by atoms with van der Waals surface area (Å²) in [5.41, 5.74) is 0.909. The number of nitrogens with one attached hydrogen (secondary N) is 1.